The van der Waals surface area contributed by atoms with E-state index in [1.54, 1.807) is 0 Å². The quantitative estimate of drug-likeness (QED) is 0.103. The molecule has 2 aromatic heterocycles. The van der Waals surface area contributed by atoms with Gasteiger partial charge in [0.15, 0.2) is 24.2 Å². The van der Waals surface area contributed by atoms with Crippen LogP contribution in [0, 0.1) is 0 Å². The smallest absolute Gasteiger partial charge is 0.257 e. The Morgan fingerprint density at radius 1 is 0.407 bits per heavy atom. The lowest BCUT2D eigenvalue weighted by atomic mass is 9.49. The number of nitrogens with zero attached hydrogens (tertiary/aromatic N) is 4. The Hall–Kier alpha value is -6.09. The summed E-state index contributed by atoms with van der Waals surface area (Å²) in [5.41, 5.74) is 6.64. The van der Waals surface area contributed by atoms with Crippen molar-refractivity contribution in [2.45, 2.75) is 40.4 Å². The van der Waals surface area contributed by atoms with Crippen molar-refractivity contribution in [1.82, 2.24) is 19.2 Å². The monoisotopic (exact) mass is 794 g/mol. The van der Waals surface area contributed by atoms with Crippen molar-refractivity contribution >= 4 is 77.2 Å². The summed E-state index contributed by atoms with van der Waals surface area (Å²) in [4.78, 5) is 15.8. The van der Waals surface area contributed by atoms with Gasteiger partial charge >= 0.3 is 0 Å². The van der Waals surface area contributed by atoms with Crippen molar-refractivity contribution < 1.29 is 0 Å². The highest BCUT2D eigenvalue weighted by atomic mass is 28.3. The molecule has 0 unspecified atom stereocenters. The summed E-state index contributed by atoms with van der Waals surface area (Å²) >= 11 is 0. The van der Waals surface area contributed by atoms with Gasteiger partial charge in [-0.25, -0.2) is 15.0 Å². The molecular weight excluding hydrogens is 746 g/mol. The van der Waals surface area contributed by atoms with Gasteiger partial charge in [-0.15, -0.1) is 0 Å². The summed E-state index contributed by atoms with van der Waals surface area (Å²) in [7, 11) is -4.65. The first-order valence-electron chi connectivity index (χ1n) is 20.8. The summed E-state index contributed by atoms with van der Waals surface area (Å²) in [5.74, 6) is 2.05. The summed E-state index contributed by atoms with van der Waals surface area (Å²) in [6.07, 6.45) is 0.599. The maximum absolute atomic E-state index is 5.31. The summed E-state index contributed by atoms with van der Waals surface area (Å²) in [6.45, 7) is 14.4. The third-order valence-electron chi connectivity index (χ3n) is 12.6. The van der Waals surface area contributed by atoms with Gasteiger partial charge in [0.2, 0.25) is 0 Å². The molecule has 0 N–H and O–H groups in total. The van der Waals surface area contributed by atoms with Crippen LogP contribution >= 0.6 is 0 Å². The molecule has 0 aliphatic rings. The Morgan fingerprint density at radius 3 is 1.41 bits per heavy atom. The molecule has 4 nitrogen and oxygen atoms in total. The minimum atomic E-state index is -2.94. The Balaban J connectivity index is 1.31. The zero-order valence-corrected chi connectivity index (χ0v) is 36.8. The average Bonchev–Trinajstić information content (AvgIpc) is 3.61. The second-order valence-electron chi connectivity index (χ2n) is 16.9. The number of para-hydroxylation sites is 1. The number of benzene rings is 7. The number of rotatable bonds is 10. The Labute approximate surface area is 351 Å². The summed E-state index contributed by atoms with van der Waals surface area (Å²) < 4.78 is 2.69. The molecule has 0 fully saturated rings. The minimum absolute atomic E-state index is 0.383. The van der Waals surface area contributed by atoms with E-state index in [9.17, 15) is 0 Å². The molecular formula is C51H48B2N4Si2. The minimum Gasteiger partial charge on any atom is -0.355 e. The number of hydrogen-bond donors (Lipinski definition) is 0. The normalized spacial score (nSPS) is 11.9. The van der Waals surface area contributed by atoms with Gasteiger partial charge in [-0.05, 0) is 39.8 Å². The molecule has 2 heterocycles. The molecule has 9 aromatic rings. The maximum Gasteiger partial charge on any atom is 0.257 e. The predicted octanol–water partition coefficient (Wildman–Crippen LogP) is 9.21. The molecule has 0 aliphatic heterocycles. The summed E-state index contributed by atoms with van der Waals surface area (Å²) in [5, 5.41) is 7.76. The lowest BCUT2D eigenvalue weighted by Gasteiger charge is -2.36. The zero-order valence-electron chi connectivity index (χ0n) is 34.8. The van der Waals surface area contributed by atoms with Crippen molar-refractivity contribution in [3.05, 3.63) is 182 Å². The van der Waals surface area contributed by atoms with E-state index in [0.717, 1.165) is 16.7 Å². The van der Waals surface area contributed by atoms with E-state index in [4.69, 9.17) is 15.0 Å². The van der Waals surface area contributed by atoms with Gasteiger partial charge in [0, 0.05) is 38.5 Å². The molecule has 286 valence electrons. The highest BCUT2D eigenvalue weighted by molar-refractivity contribution is 7.37. The fourth-order valence-corrected chi connectivity index (χ4v) is 15.2. The molecule has 0 atom stereocenters. The fraction of sp³-hybridized carbons (Fsp3) is 0.118. The first-order chi connectivity index (χ1) is 28.7. The van der Waals surface area contributed by atoms with Crippen LogP contribution in [0.1, 0.15) is 0 Å². The van der Waals surface area contributed by atoms with E-state index in [1.165, 1.54) is 48.0 Å². The van der Waals surface area contributed by atoms with Gasteiger partial charge in [-0.3, -0.25) is 0 Å². The lowest BCUT2D eigenvalue weighted by molar-refractivity contribution is 1.07. The molecule has 0 amide bonds. The van der Waals surface area contributed by atoms with Gasteiger partial charge in [-0.1, -0.05) is 209 Å². The highest BCUT2D eigenvalue weighted by Gasteiger charge is 2.44. The van der Waals surface area contributed by atoms with Crippen LogP contribution in [0.5, 0.6) is 0 Å². The van der Waals surface area contributed by atoms with Crippen LogP contribution in [0.3, 0.4) is 0 Å². The van der Waals surface area contributed by atoms with Crippen molar-refractivity contribution in [2.75, 3.05) is 0 Å². The molecule has 8 heteroatoms. The SMILES string of the molecule is CB(C)c1cccc(-c2nc(-c3cccc([Si](C)(C)B(C)C)c3)nc(-c3ccc4c(c3)c3ccccc3n4[Si](c3ccccc3)(c3ccccc3)c3ccccc3)n2)c1. The number of hydrogen-bond acceptors (Lipinski definition) is 3. The Kier molecular flexibility index (Phi) is 10.2. The molecule has 0 saturated heterocycles. The van der Waals surface area contributed by atoms with Gasteiger partial charge in [0.1, 0.15) is 6.31 Å². The second kappa shape index (κ2) is 15.6. The van der Waals surface area contributed by atoms with Gasteiger partial charge < -0.3 is 4.23 Å². The Morgan fingerprint density at radius 2 is 0.864 bits per heavy atom. The largest absolute Gasteiger partial charge is 0.355 e. The molecule has 0 saturated carbocycles. The van der Waals surface area contributed by atoms with Crippen LogP contribution in [0.15, 0.2) is 182 Å². The van der Waals surface area contributed by atoms with Crippen LogP contribution in [-0.4, -0.2) is 48.4 Å². The van der Waals surface area contributed by atoms with Gasteiger partial charge in [0.25, 0.3) is 8.24 Å². The van der Waals surface area contributed by atoms with E-state index in [-0.39, 0.29) is 0 Å². The molecule has 7 aromatic carbocycles. The second-order valence-corrected chi connectivity index (χ2v) is 25.7. The first kappa shape index (κ1) is 38.4. The lowest BCUT2D eigenvalue weighted by Crippen LogP contribution is -2.72. The zero-order chi connectivity index (χ0) is 40.7. The van der Waals surface area contributed by atoms with Crippen molar-refractivity contribution in [3.63, 3.8) is 0 Å². The van der Waals surface area contributed by atoms with Gasteiger partial charge in [0.05, 0.1) is 7.94 Å². The third kappa shape index (κ3) is 6.80. The molecule has 0 aliphatic carbocycles. The topological polar surface area (TPSA) is 43.6 Å². The van der Waals surface area contributed by atoms with Crippen LogP contribution in [0.2, 0.25) is 40.4 Å². The average molecular weight is 795 g/mol. The fourth-order valence-electron chi connectivity index (χ4n) is 8.59. The van der Waals surface area contributed by atoms with Crippen LogP contribution in [0.4, 0.5) is 0 Å². The third-order valence-corrected chi connectivity index (χ3v) is 21.9. The van der Waals surface area contributed by atoms with E-state index >= 15 is 0 Å². The van der Waals surface area contributed by atoms with E-state index in [1.807, 2.05) is 0 Å². The maximum atomic E-state index is 5.31. The number of fused-ring (bicyclic) bond motifs is 3. The first-order valence-corrected chi connectivity index (χ1v) is 25.9. The van der Waals surface area contributed by atoms with Crippen molar-refractivity contribution in [1.29, 1.82) is 0 Å². The predicted molar refractivity (Wildman–Crippen MR) is 260 cm³/mol. The Bertz CT molecular complexity index is 2830. The molecule has 0 radical (unpaired) electrons. The van der Waals surface area contributed by atoms with E-state index < -0.39 is 16.2 Å². The van der Waals surface area contributed by atoms with E-state index in [2.05, 4.69) is 227 Å². The highest BCUT2D eigenvalue weighted by Crippen LogP contribution is 2.35. The molecule has 59 heavy (non-hydrogen) atoms. The molecule has 0 spiro atoms. The molecule has 0 bridgehead atoms. The van der Waals surface area contributed by atoms with E-state index in [0.29, 0.717) is 30.5 Å². The van der Waals surface area contributed by atoms with Crippen molar-refractivity contribution in [3.8, 4) is 34.2 Å². The van der Waals surface area contributed by atoms with Crippen LogP contribution < -0.4 is 26.2 Å². The van der Waals surface area contributed by atoms with Crippen molar-refractivity contribution in [2.24, 2.45) is 0 Å². The number of aromatic nitrogens is 4. The molecule has 9 rings (SSSR count). The van der Waals surface area contributed by atoms with Gasteiger partial charge in [-0.2, -0.15) is 0 Å². The van der Waals surface area contributed by atoms with Crippen LogP contribution in [0.25, 0.3) is 56.0 Å². The summed E-state index contributed by atoms with van der Waals surface area (Å²) in [6, 6.07) is 66.7. The standard InChI is InChI=1S/C51H48B2N4Si2/c1-52(2)40-22-18-20-37(34-40)49-54-50(38-21-19-29-44(35-38)58(5,6)53(3)4)56-51(55-49)39-32-33-48-46(36-39)45-30-16-17-31-47(45)57(48)59(41-23-10-7-11-24-41,42-25-12-8-13-26-42)43-27-14-9-15-28-43/h7-36H,1-6H3. The van der Waals surface area contributed by atoms with Crippen LogP contribution in [-0.2, 0) is 0 Å².